The minimum atomic E-state index is -0.199. The summed E-state index contributed by atoms with van der Waals surface area (Å²) >= 11 is 0. The van der Waals surface area contributed by atoms with Crippen LogP contribution in [0.5, 0.6) is 0 Å². The van der Waals surface area contributed by atoms with Crippen molar-refractivity contribution in [3.05, 3.63) is 84.7 Å². The molecule has 0 aliphatic carbocycles. The summed E-state index contributed by atoms with van der Waals surface area (Å²) < 4.78 is 1.81. The van der Waals surface area contributed by atoms with Gasteiger partial charge in [0.05, 0.1) is 11.3 Å². The summed E-state index contributed by atoms with van der Waals surface area (Å²) in [4.78, 5) is 25.0. The number of aryl methyl sites for hydroxylation is 1. The van der Waals surface area contributed by atoms with Gasteiger partial charge in [-0.25, -0.2) is 9.67 Å². The molecule has 4 aromatic rings. The van der Waals surface area contributed by atoms with Crippen molar-refractivity contribution in [1.29, 1.82) is 0 Å². The number of hydrogen-bond acceptors (Lipinski definition) is 5. The monoisotopic (exact) mass is 370 g/mol. The molecule has 0 atom stereocenters. The second-order valence-corrected chi connectivity index (χ2v) is 6.10. The van der Waals surface area contributed by atoms with Gasteiger partial charge in [-0.2, -0.15) is 0 Å². The van der Waals surface area contributed by atoms with E-state index in [0.717, 1.165) is 23.5 Å². The first-order valence-electron chi connectivity index (χ1n) is 8.93. The minimum absolute atomic E-state index is 0.199. The second kappa shape index (κ2) is 7.79. The molecular weight excluding hydrogens is 352 g/mol. The Labute approximate surface area is 162 Å². The van der Waals surface area contributed by atoms with E-state index in [2.05, 4.69) is 25.4 Å². The second-order valence-electron chi connectivity index (χ2n) is 6.10. The predicted octanol–water partition coefficient (Wildman–Crippen LogP) is 3.54. The Kier molecular flexibility index (Phi) is 4.88. The molecule has 0 saturated heterocycles. The maximum atomic E-state index is 12.2. The number of carbonyl (C=O) groups excluding carboxylic acids is 1. The fraction of sp³-hybridized carbons (Fsp3) is 0.0952. The Morgan fingerprint density at radius 2 is 1.75 bits per heavy atom. The summed E-state index contributed by atoms with van der Waals surface area (Å²) in [5, 5.41) is 7.49. The van der Waals surface area contributed by atoms with Crippen molar-refractivity contribution in [3.8, 4) is 17.1 Å². The van der Waals surface area contributed by atoms with Crippen LogP contribution >= 0.6 is 0 Å². The van der Waals surface area contributed by atoms with Crippen molar-refractivity contribution in [2.75, 3.05) is 5.32 Å². The van der Waals surface area contributed by atoms with Crippen molar-refractivity contribution in [2.24, 2.45) is 0 Å². The molecule has 0 unspecified atom stereocenters. The highest BCUT2D eigenvalue weighted by Gasteiger charge is 2.12. The molecule has 1 N–H and O–H groups in total. The summed E-state index contributed by atoms with van der Waals surface area (Å²) in [6.07, 6.45) is 7.38. The Bertz CT molecular complexity index is 1080. The molecule has 4 rings (SSSR count). The average Bonchev–Trinajstić information content (AvgIpc) is 3.20. The fourth-order valence-electron chi connectivity index (χ4n) is 2.78. The third-order valence-electron chi connectivity index (χ3n) is 4.20. The van der Waals surface area contributed by atoms with Crippen LogP contribution in [-0.2, 0) is 6.42 Å². The van der Waals surface area contributed by atoms with Gasteiger partial charge >= 0.3 is 0 Å². The van der Waals surface area contributed by atoms with Gasteiger partial charge in [0.2, 0.25) is 0 Å². The molecule has 3 heterocycles. The van der Waals surface area contributed by atoms with E-state index in [9.17, 15) is 4.79 Å². The molecular formula is C21H18N6O. The van der Waals surface area contributed by atoms with E-state index in [-0.39, 0.29) is 5.91 Å². The van der Waals surface area contributed by atoms with E-state index >= 15 is 0 Å². The van der Waals surface area contributed by atoms with Crippen molar-refractivity contribution < 1.29 is 4.79 Å². The van der Waals surface area contributed by atoms with Crippen molar-refractivity contribution in [1.82, 2.24) is 24.7 Å². The molecule has 0 radical (unpaired) electrons. The maximum Gasteiger partial charge on any atom is 0.257 e. The Hall–Kier alpha value is -3.87. The van der Waals surface area contributed by atoms with E-state index in [1.54, 1.807) is 30.7 Å². The normalized spacial score (nSPS) is 10.6. The lowest BCUT2D eigenvalue weighted by atomic mass is 10.2. The maximum absolute atomic E-state index is 12.2. The molecule has 1 amide bonds. The molecule has 0 aliphatic rings. The van der Waals surface area contributed by atoms with Gasteiger partial charge in [0.1, 0.15) is 5.82 Å². The van der Waals surface area contributed by atoms with Crippen LogP contribution in [0.2, 0.25) is 0 Å². The van der Waals surface area contributed by atoms with Crippen LogP contribution in [0.1, 0.15) is 23.1 Å². The Morgan fingerprint density at radius 1 is 1.00 bits per heavy atom. The number of pyridine rings is 2. The lowest BCUT2D eigenvalue weighted by Gasteiger charge is -2.08. The zero-order chi connectivity index (χ0) is 19.3. The number of aromatic nitrogens is 5. The fourth-order valence-corrected chi connectivity index (χ4v) is 2.78. The summed E-state index contributed by atoms with van der Waals surface area (Å²) in [7, 11) is 0. The largest absolute Gasteiger partial charge is 0.322 e. The van der Waals surface area contributed by atoms with E-state index in [1.165, 1.54) is 6.20 Å². The highest BCUT2D eigenvalue weighted by atomic mass is 16.1. The molecule has 0 aliphatic heterocycles. The molecule has 0 fully saturated rings. The highest BCUT2D eigenvalue weighted by molar-refractivity contribution is 6.04. The minimum Gasteiger partial charge on any atom is -0.322 e. The summed E-state index contributed by atoms with van der Waals surface area (Å²) in [6.45, 7) is 2.04. The quantitative estimate of drug-likeness (QED) is 0.581. The van der Waals surface area contributed by atoms with E-state index in [0.29, 0.717) is 17.1 Å². The van der Waals surface area contributed by atoms with Crippen LogP contribution in [-0.4, -0.2) is 30.6 Å². The van der Waals surface area contributed by atoms with E-state index in [1.807, 2.05) is 48.0 Å². The molecule has 0 saturated carbocycles. The van der Waals surface area contributed by atoms with Crippen LogP contribution in [0.15, 0.2) is 73.3 Å². The number of nitrogens with zero attached hydrogens (tertiary/aromatic N) is 5. The molecule has 7 heteroatoms. The van der Waals surface area contributed by atoms with Gasteiger partial charge < -0.3 is 5.32 Å². The first kappa shape index (κ1) is 17.5. The van der Waals surface area contributed by atoms with Crippen LogP contribution in [0, 0.1) is 0 Å². The number of carbonyl (C=O) groups is 1. The lowest BCUT2D eigenvalue weighted by Crippen LogP contribution is -2.12. The average molecular weight is 370 g/mol. The molecule has 0 bridgehead atoms. The molecule has 138 valence electrons. The number of hydrogen-bond donors (Lipinski definition) is 1. The number of anilines is 1. The SMILES string of the molecule is CCc1nc(-c2cccnc2)nn1-c1ccc(NC(=O)c2cccnc2)cc1. The van der Waals surface area contributed by atoms with Gasteiger partial charge in [0.15, 0.2) is 5.82 Å². The van der Waals surface area contributed by atoms with Gasteiger partial charge in [-0.3, -0.25) is 14.8 Å². The standard InChI is InChI=1S/C21H18N6O/c1-2-19-25-20(15-5-3-11-22-13-15)26-27(19)18-9-7-17(8-10-18)24-21(28)16-6-4-12-23-14-16/h3-14H,2H2,1H3,(H,24,28). The molecule has 3 aromatic heterocycles. The van der Waals surface area contributed by atoms with Gasteiger partial charge in [-0.1, -0.05) is 6.92 Å². The highest BCUT2D eigenvalue weighted by Crippen LogP contribution is 2.19. The van der Waals surface area contributed by atoms with Crippen LogP contribution < -0.4 is 5.32 Å². The van der Waals surface area contributed by atoms with Crippen molar-refractivity contribution in [3.63, 3.8) is 0 Å². The molecule has 7 nitrogen and oxygen atoms in total. The van der Waals surface area contributed by atoms with E-state index < -0.39 is 0 Å². The first-order chi connectivity index (χ1) is 13.7. The smallest absolute Gasteiger partial charge is 0.257 e. The van der Waals surface area contributed by atoms with Crippen molar-refractivity contribution >= 4 is 11.6 Å². The van der Waals surface area contributed by atoms with Crippen LogP contribution in [0.3, 0.4) is 0 Å². The zero-order valence-electron chi connectivity index (χ0n) is 15.3. The number of benzene rings is 1. The Balaban J connectivity index is 1.57. The number of rotatable bonds is 5. The topological polar surface area (TPSA) is 85.6 Å². The van der Waals surface area contributed by atoms with E-state index in [4.69, 9.17) is 0 Å². The summed E-state index contributed by atoms with van der Waals surface area (Å²) in [6, 6.07) is 14.7. The number of amides is 1. The third-order valence-corrected chi connectivity index (χ3v) is 4.20. The predicted molar refractivity (Wildman–Crippen MR) is 106 cm³/mol. The summed E-state index contributed by atoms with van der Waals surface area (Å²) in [5.74, 6) is 1.29. The van der Waals surface area contributed by atoms with Crippen molar-refractivity contribution in [2.45, 2.75) is 13.3 Å². The number of nitrogens with one attached hydrogen (secondary N) is 1. The van der Waals surface area contributed by atoms with Gasteiger partial charge in [0.25, 0.3) is 5.91 Å². The molecule has 0 spiro atoms. The molecule has 28 heavy (non-hydrogen) atoms. The first-order valence-corrected chi connectivity index (χ1v) is 8.93. The van der Waals surface area contributed by atoms with Gasteiger partial charge in [-0.15, -0.1) is 5.10 Å². The Morgan fingerprint density at radius 3 is 2.39 bits per heavy atom. The van der Waals surface area contributed by atoms with Gasteiger partial charge in [-0.05, 0) is 48.5 Å². The van der Waals surface area contributed by atoms with Crippen LogP contribution in [0.4, 0.5) is 5.69 Å². The third kappa shape index (κ3) is 3.64. The summed E-state index contributed by atoms with van der Waals surface area (Å²) in [5.41, 5.74) is 2.95. The van der Waals surface area contributed by atoms with Crippen LogP contribution in [0.25, 0.3) is 17.1 Å². The zero-order valence-corrected chi connectivity index (χ0v) is 15.3. The lowest BCUT2D eigenvalue weighted by molar-refractivity contribution is 0.102. The molecule has 1 aromatic carbocycles. The van der Waals surface area contributed by atoms with Gasteiger partial charge in [0, 0.05) is 42.5 Å².